The Hall–Kier alpha value is -2.11. The van der Waals surface area contributed by atoms with E-state index in [4.69, 9.17) is 21.7 Å². The van der Waals surface area contributed by atoms with Gasteiger partial charge in [-0.25, -0.2) is 0 Å². The van der Waals surface area contributed by atoms with Crippen LogP contribution >= 0.6 is 46.6 Å². The quantitative estimate of drug-likeness (QED) is 0.266. The van der Waals surface area contributed by atoms with E-state index in [2.05, 4.69) is 34.8 Å². The maximum atomic E-state index is 12.4. The normalized spacial score (nSPS) is 14.8. The lowest BCUT2D eigenvalue weighted by molar-refractivity contribution is -0.121. The Morgan fingerprint density at radius 2 is 1.94 bits per heavy atom. The first-order chi connectivity index (χ1) is 15.3. The van der Waals surface area contributed by atoms with Crippen LogP contribution in [-0.2, 0) is 16.0 Å². The molecule has 2 amide bonds. The molecule has 0 saturated carbocycles. The maximum absolute atomic E-state index is 12.4. The smallest absolute Gasteiger partial charge is 0.265 e. The average Bonchev–Trinajstić information content (AvgIpc) is 3.00. The fourth-order valence-corrected chi connectivity index (χ4v) is 4.89. The molecule has 168 valence electrons. The van der Waals surface area contributed by atoms with Crippen LogP contribution in [0.1, 0.15) is 25.0 Å². The Kier molecular flexibility index (Phi) is 8.55. The molecular weight excluding hydrogens is 559 g/mol. The summed E-state index contributed by atoms with van der Waals surface area (Å²) in [7, 11) is 1.66. The Morgan fingerprint density at radius 1 is 1.22 bits per heavy atom. The second-order valence-corrected chi connectivity index (χ2v) is 9.73. The van der Waals surface area contributed by atoms with Gasteiger partial charge in [-0.1, -0.05) is 43.0 Å². The van der Waals surface area contributed by atoms with Gasteiger partial charge in [0, 0.05) is 12.7 Å². The number of nitrogens with one attached hydrogen (secondary N) is 1. The highest BCUT2D eigenvalue weighted by Crippen LogP contribution is 2.37. The molecule has 2 aromatic rings. The molecule has 0 aliphatic carbocycles. The number of hydrogen-bond acceptors (Lipinski definition) is 6. The number of thioether (sulfide) groups is 1. The van der Waals surface area contributed by atoms with E-state index in [0.717, 1.165) is 21.2 Å². The first kappa shape index (κ1) is 24.5. The van der Waals surface area contributed by atoms with Gasteiger partial charge in [0.15, 0.2) is 18.1 Å². The van der Waals surface area contributed by atoms with Crippen LogP contribution in [0.3, 0.4) is 0 Å². The molecule has 1 aliphatic heterocycles. The van der Waals surface area contributed by atoms with Gasteiger partial charge in [-0.2, -0.15) is 0 Å². The number of nitrogens with zero attached hydrogens (tertiary/aromatic N) is 1. The summed E-state index contributed by atoms with van der Waals surface area (Å²) in [5, 5.41) is 2.83. The third-order valence-electron chi connectivity index (χ3n) is 4.61. The number of thiocarbonyl (C=S) groups is 1. The van der Waals surface area contributed by atoms with E-state index in [1.54, 1.807) is 19.2 Å². The topological polar surface area (TPSA) is 67.9 Å². The first-order valence-corrected chi connectivity index (χ1v) is 12.3. The van der Waals surface area contributed by atoms with E-state index in [-0.39, 0.29) is 18.4 Å². The largest absolute Gasteiger partial charge is 0.490 e. The number of carbonyl (C=O) groups is 2. The Bertz CT molecular complexity index is 1070. The van der Waals surface area contributed by atoms with Gasteiger partial charge in [0.05, 0.1) is 15.1 Å². The summed E-state index contributed by atoms with van der Waals surface area (Å²) < 4.78 is 12.9. The van der Waals surface area contributed by atoms with Crippen molar-refractivity contribution < 1.29 is 19.1 Å². The van der Waals surface area contributed by atoms with Gasteiger partial charge in [0.1, 0.15) is 4.32 Å². The zero-order valence-electron chi connectivity index (χ0n) is 17.9. The number of hydrogen-bond donors (Lipinski definition) is 1. The van der Waals surface area contributed by atoms with Crippen LogP contribution in [0.15, 0.2) is 41.3 Å². The highest BCUT2D eigenvalue weighted by molar-refractivity contribution is 14.1. The summed E-state index contributed by atoms with van der Waals surface area (Å²) >= 11 is 8.59. The van der Waals surface area contributed by atoms with E-state index in [1.807, 2.05) is 37.3 Å². The molecule has 2 aromatic carbocycles. The molecule has 0 unspecified atom stereocenters. The van der Waals surface area contributed by atoms with Gasteiger partial charge in [0.2, 0.25) is 0 Å². The van der Waals surface area contributed by atoms with E-state index < -0.39 is 0 Å². The number of likely N-dealkylation sites (N-methyl/N-ethyl adjacent to an activating group) is 1. The molecule has 1 aliphatic rings. The molecular formula is C23H23IN2O4S2. The summed E-state index contributed by atoms with van der Waals surface area (Å²) in [6.45, 7) is 4.24. The zero-order chi connectivity index (χ0) is 23.3. The Labute approximate surface area is 210 Å². The van der Waals surface area contributed by atoms with E-state index in [9.17, 15) is 9.59 Å². The molecule has 3 rings (SSSR count). The van der Waals surface area contributed by atoms with Crippen LogP contribution in [0, 0.1) is 3.57 Å². The van der Waals surface area contributed by atoms with Crippen molar-refractivity contribution in [2.75, 3.05) is 25.6 Å². The van der Waals surface area contributed by atoms with Gasteiger partial charge < -0.3 is 14.8 Å². The zero-order valence-corrected chi connectivity index (χ0v) is 21.7. The van der Waals surface area contributed by atoms with Crippen LogP contribution < -0.4 is 14.8 Å². The highest BCUT2D eigenvalue weighted by Gasteiger charge is 2.28. The highest BCUT2D eigenvalue weighted by atomic mass is 127. The molecule has 1 heterocycles. The van der Waals surface area contributed by atoms with E-state index in [0.29, 0.717) is 27.3 Å². The summed E-state index contributed by atoms with van der Waals surface area (Å²) in [5.41, 5.74) is 2.72. The molecule has 0 atom stereocenters. The Morgan fingerprint density at radius 3 is 2.53 bits per heavy atom. The fraction of sp³-hybridized carbons (Fsp3) is 0.261. The van der Waals surface area contributed by atoms with Crippen molar-refractivity contribution in [3.63, 3.8) is 0 Å². The van der Waals surface area contributed by atoms with Gasteiger partial charge in [-0.05, 0) is 77.4 Å². The van der Waals surface area contributed by atoms with Crippen molar-refractivity contribution in [1.29, 1.82) is 0 Å². The number of ether oxygens (including phenoxy) is 2. The third-order valence-corrected chi connectivity index (χ3v) is 6.90. The monoisotopic (exact) mass is 582 g/mol. The van der Waals surface area contributed by atoms with Gasteiger partial charge in [-0.15, -0.1) is 0 Å². The van der Waals surface area contributed by atoms with Crippen molar-refractivity contribution in [2.24, 2.45) is 0 Å². The molecule has 1 fully saturated rings. The van der Waals surface area contributed by atoms with Crippen molar-refractivity contribution in [1.82, 2.24) is 4.90 Å². The summed E-state index contributed by atoms with van der Waals surface area (Å²) in [4.78, 5) is 26.7. The predicted molar refractivity (Wildman–Crippen MR) is 141 cm³/mol. The maximum Gasteiger partial charge on any atom is 0.265 e. The van der Waals surface area contributed by atoms with Gasteiger partial charge in [-0.3, -0.25) is 14.5 Å². The second-order valence-electron chi connectivity index (χ2n) is 6.89. The number of benzene rings is 2. The minimum absolute atomic E-state index is 0.128. The average molecular weight is 582 g/mol. The number of carbonyl (C=O) groups excluding carboxylic acids is 2. The minimum Gasteiger partial charge on any atom is -0.490 e. The Balaban J connectivity index is 1.74. The van der Waals surface area contributed by atoms with Crippen LogP contribution in [-0.4, -0.2) is 41.3 Å². The van der Waals surface area contributed by atoms with E-state index >= 15 is 0 Å². The summed E-state index contributed by atoms with van der Waals surface area (Å²) in [6.07, 6.45) is 2.73. The van der Waals surface area contributed by atoms with Crippen LogP contribution in [0.25, 0.3) is 6.08 Å². The number of rotatable bonds is 8. The predicted octanol–water partition coefficient (Wildman–Crippen LogP) is 5.10. The molecule has 0 bridgehead atoms. The minimum atomic E-state index is -0.261. The molecule has 9 heteroatoms. The molecule has 0 spiro atoms. The van der Waals surface area contributed by atoms with Crippen LogP contribution in [0.2, 0.25) is 0 Å². The number of halogens is 1. The molecule has 32 heavy (non-hydrogen) atoms. The van der Waals surface area contributed by atoms with Crippen molar-refractivity contribution in [3.05, 3.63) is 56.0 Å². The SMILES string of the molecule is CCOc1cc(/C=C2\SC(=S)N(C)C2=O)cc(I)c1OCC(=O)Nc1ccc(CC)cc1. The fourth-order valence-electron chi connectivity index (χ4n) is 2.93. The molecule has 0 aromatic heterocycles. The lowest BCUT2D eigenvalue weighted by Crippen LogP contribution is -2.22. The first-order valence-electron chi connectivity index (χ1n) is 10.0. The lowest BCUT2D eigenvalue weighted by Gasteiger charge is -2.15. The molecule has 6 nitrogen and oxygen atoms in total. The molecule has 0 radical (unpaired) electrons. The number of anilines is 1. The van der Waals surface area contributed by atoms with Crippen molar-refractivity contribution in [3.8, 4) is 11.5 Å². The van der Waals surface area contributed by atoms with Crippen molar-refractivity contribution >= 4 is 74.5 Å². The third kappa shape index (κ3) is 6.02. The number of aryl methyl sites for hydroxylation is 1. The van der Waals surface area contributed by atoms with Gasteiger partial charge >= 0.3 is 0 Å². The number of amides is 2. The van der Waals surface area contributed by atoms with Crippen molar-refractivity contribution in [2.45, 2.75) is 20.3 Å². The second kappa shape index (κ2) is 11.2. The van der Waals surface area contributed by atoms with Crippen LogP contribution in [0.4, 0.5) is 5.69 Å². The van der Waals surface area contributed by atoms with E-state index in [1.165, 1.54) is 22.2 Å². The molecule has 1 N–H and O–H groups in total. The molecule has 1 saturated heterocycles. The standard InChI is InChI=1S/C23H23IN2O4S2/c1-4-14-6-8-16(9-7-14)25-20(27)13-30-21-17(24)10-15(11-18(21)29-5-2)12-19-22(28)26(3)23(31)32-19/h6-12H,4-5,13H2,1-3H3,(H,25,27)/b19-12-. The lowest BCUT2D eigenvalue weighted by atomic mass is 10.1. The van der Waals surface area contributed by atoms with Crippen LogP contribution in [0.5, 0.6) is 11.5 Å². The van der Waals surface area contributed by atoms with Gasteiger partial charge in [0.25, 0.3) is 11.8 Å². The summed E-state index contributed by atoms with van der Waals surface area (Å²) in [6, 6.07) is 11.4. The summed E-state index contributed by atoms with van der Waals surface area (Å²) in [5.74, 6) is 0.613.